The van der Waals surface area contributed by atoms with E-state index in [0.29, 0.717) is 12.8 Å². The summed E-state index contributed by atoms with van der Waals surface area (Å²) in [6.45, 7) is 3.40. The van der Waals surface area contributed by atoms with Gasteiger partial charge in [-0.2, -0.15) is 13.2 Å². The van der Waals surface area contributed by atoms with Crippen molar-refractivity contribution in [3.63, 3.8) is 0 Å². The molecule has 2 aromatic rings. The predicted molar refractivity (Wildman–Crippen MR) is 101 cm³/mol. The maximum Gasteiger partial charge on any atom is 0.417 e. The Hall–Kier alpha value is -2.33. The Balaban J connectivity index is 1.70. The Morgan fingerprint density at radius 2 is 1.86 bits per heavy atom. The van der Waals surface area contributed by atoms with Crippen molar-refractivity contribution in [3.8, 4) is 0 Å². The van der Waals surface area contributed by atoms with Gasteiger partial charge in [-0.3, -0.25) is 0 Å². The van der Waals surface area contributed by atoms with Crippen LogP contribution in [0.1, 0.15) is 24.0 Å². The second-order valence-electron chi connectivity index (χ2n) is 6.85. The maximum atomic E-state index is 13.2. The van der Waals surface area contributed by atoms with E-state index >= 15 is 0 Å². The second kappa shape index (κ2) is 7.59. The number of halogens is 3. The van der Waals surface area contributed by atoms with Gasteiger partial charge in [0.05, 0.1) is 10.5 Å². The molecule has 1 saturated heterocycles. The van der Waals surface area contributed by atoms with Gasteiger partial charge in [0, 0.05) is 31.0 Å². The van der Waals surface area contributed by atoms with Crippen LogP contribution in [0.15, 0.2) is 41.4 Å². The number of hydrogen-bond acceptors (Lipinski definition) is 5. The molecule has 10 heteroatoms. The molecular formula is C18H21F3N4O2S. The first kappa shape index (κ1) is 20.4. The highest BCUT2D eigenvalue weighted by Crippen LogP contribution is 2.36. The summed E-state index contributed by atoms with van der Waals surface area (Å²) in [6, 6.07) is 6.91. The first-order valence-electron chi connectivity index (χ1n) is 8.72. The molecule has 1 aliphatic rings. The van der Waals surface area contributed by atoms with Crippen molar-refractivity contribution in [3.05, 3.63) is 47.7 Å². The Kier molecular flexibility index (Phi) is 5.53. The summed E-state index contributed by atoms with van der Waals surface area (Å²) in [5, 5.41) is 7.98. The molecule has 1 aromatic carbocycles. The molecule has 0 bridgehead atoms. The third kappa shape index (κ3) is 4.74. The maximum absolute atomic E-state index is 13.2. The first-order chi connectivity index (χ1) is 13.0. The van der Waals surface area contributed by atoms with Crippen molar-refractivity contribution in [2.45, 2.75) is 36.9 Å². The van der Waals surface area contributed by atoms with Gasteiger partial charge in [-0.05, 0) is 49.6 Å². The number of alkyl halides is 3. The van der Waals surface area contributed by atoms with Crippen molar-refractivity contribution >= 4 is 21.5 Å². The van der Waals surface area contributed by atoms with Gasteiger partial charge < -0.3 is 10.2 Å². The van der Waals surface area contributed by atoms with Crippen molar-refractivity contribution in [2.24, 2.45) is 5.14 Å². The number of anilines is 2. The number of nitrogens with one attached hydrogen (secondary N) is 1. The van der Waals surface area contributed by atoms with Crippen LogP contribution < -0.4 is 15.4 Å². The van der Waals surface area contributed by atoms with Crippen molar-refractivity contribution < 1.29 is 21.6 Å². The molecule has 0 unspecified atom stereocenters. The SMILES string of the molecule is Cc1ccc(N2CCC(Nc3ccc(S(N)(=O)=O)c(C(F)(F)F)c3)CC2)nc1. The zero-order valence-electron chi connectivity index (χ0n) is 15.2. The van der Waals surface area contributed by atoms with Gasteiger partial charge in [0.1, 0.15) is 5.82 Å². The Bertz CT molecular complexity index is 938. The van der Waals surface area contributed by atoms with Crippen LogP contribution >= 0.6 is 0 Å². The smallest absolute Gasteiger partial charge is 0.382 e. The lowest BCUT2D eigenvalue weighted by molar-refractivity contribution is -0.139. The highest BCUT2D eigenvalue weighted by Gasteiger charge is 2.36. The molecule has 6 nitrogen and oxygen atoms in total. The van der Waals surface area contributed by atoms with E-state index in [4.69, 9.17) is 5.14 Å². The molecule has 0 saturated carbocycles. The minimum absolute atomic E-state index is 0.0249. The van der Waals surface area contributed by atoms with Crippen LogP contribution in [-0.4, -0.2) is 32.5 Å². The lowest BCUT2D eigenvalue weighted by Gasteiger charge is -2.33. The summed E-state index contributed by atoms with van der Waals surface area (Å²) in [6.07, 6.45) is -1.59. The monoisotopic (exact) mass is 414 g/mol. The summed E-state index contributed by atoms with van der Waals surface area (Å²) in [4.78, 5) is 5.60. The molecule has 1 aliphatic heterocycles. The summed E-state index contributed by atoms with van der Waals surface area (Å²) in [5.41, 5.74) is 0.0247. The zero-order chi connectivity index (χ0) is 20.5. The molecule has 2 heterocycles. The van der Waals surface area contributed by atoms with Gasteiger partial charge in [-0.15, -0.1) is 0 Å². The molecule has 152 valence electrons. The van der Waals surface area contributed by atoms with Crippen molar-refractivity contribution in [1.29, 1.82) is 0 Å². The van der Waals surface area contributed by atoms with E-state index in [1.807, 2.05) is 19.1 Å². The topological polar surface area (TPSA) is 88.3 Å². The molecule has 0 amide bonds. The van der Waals surface area contributed by atoms with Crippen LogP contribution in [0.25, 0.3) is 0 Å². The Labute approximate surface area is 161 Å². The van der Waals surface area contributed by atoms with E-state index in [2.05, 4.69) is 15.2 Å². The largest absolute Gasteiger partial charge is 0.417 e. The fourth-order valence-electron chi connectivity index (χ4n) is 3.23. The number of benzene rings is 1. The lowest BCUT2D eigenvalue weighted by atomic mass is 10.0. The third-order valence-electron chi connectivity index (χ3n) is 4.68. The summed E-state index contributed by atoms with van der Waals surface area (Å²) < 4.78 is 62.6. The summed E-state index contributed by atoms with van der Waals surface area (Å²) >= 11 is 0. The van der Waals surface area contributed by atoms with Crippen LogP contribution in [0.5, 0.6) is 0 Å². The van der Waals surface area contributed by atoms with Crippen LogP contribution in [0.3, 0.4) is 0 Å². The minimum atomic E-state index is -4.82. The number of sulfonamides is 1. The van der Waals surface area contributed by atoms with E-state index in [-0.39, 0.29) is 11.7 Å². The molecule has 0 radical (unpaired) electrons. The fourth-order valence-corrected chi connectivity index (χ4v) is 3.96. The molecular weight excluding hydrogens is 393 g/mol. The van der Waals surface area contributed by atoms with E-state index in [1.165, 1.54) is 6.07 Å². The number of nitrogens with zero attached hydrogens (tertiary/aromatic N) is 2. The van der Waals surface area contributed by atoms with E-state index in [0.717, 1.165) is 36.6 Å². The van der Waals surface area contributed by atoms with Crippen LogP contribution in [0.4, 0.5) is 24.7 Å². The van der Waals surface area contributed by atoms with E-state index in [1.54, 1.807) is 6.20 Å². The van der Waals surface area contributed by atoms with Crippen LogP contribution in [0, 0.1) is 6.92 Å². The molecule has 3 N–H and O–H groups in total. The highest BCUT2D eigenvalue weighted by atomic mass is 32.2. The second-order valence-corrected chi connectivity index (χ2v) is 8.38. The lowest BCUT2D eigenvalue weighted by Crippen LogP contribution is -2.39. The molecule has 1 aromatic heterocycles. The van der Waals surface area contributed by atoms with Crippen LogP contribution in [0.2, 0.25) is 0 Å². The molecule has 28 heavy (non-hydrogen) atoms. The van der Waals surface area contributed by atoms with Crippen molar-refractivity contribution in [1.82, 2.24) is 4.98 Å². The summed E-state index contributed by atoms with van der Waals surface area (Å²) in [5.74, 6) is 0.876. The molecule has 0 atom stereocenters. The normalized spacial score (nSPS) is 16.2. The third-order valence-corrected chi connectivity index (χ3v) is 5.65. The number of aromatic nitrogens is 1. The predicted octanol–water partition coefficient (Wildman–Crippen LogP) is 3.14. The van der Waals surface area contributed by atoms with Gasteiger partial charge in [0.15, 0.2) is 0 Å². The standard InChI is InChI=1S/C18H21F3N4O2S/c1-12-2-5-17(23-11-12)25-8-6-13(7-9-25)24-14-3-4-16(28(22,26)27)15(10-14)18(19,20)21/h2-5,10-11,13,24H,6-9H2,1H3,(H2,22,26,27). The summed E-state index contributed by atoms with van der Waals surface area (Å²) in [7, 11) is -4.47. The number of rotatable bonds is 4. The zero-order valence-corrected chi connectivity index (χ0v) is 16.0. The Morgan fingerprint density at radius 3 is 2.39 bits per heavy atom. The molecule has 0 aliphatic carbocycles. The number of primary sulfonamides is 1. The van der Waals surface area contributed by atoms with Gasteiger partial charge in [-0.1, -0.05) is 6.07 Å². The number of pyridine rings is 1. The quantitative estimate of drug-likeness (QED) is 0.803. The average Bonchev–Trinajstić information content (AvgIpc) is 2.61. The number of hydrogen-bond donors (Lipinski definition) is 2. The van der Waals surface area contributed by atoms with Gasteiger partial charge in [-0.25, -0.2) is 18.5 Å². The van der Waals surface area contributed by atoms with Gasteiger partial charge >= 0.3 is 6.18 Å². The van der Waals surface area contributed by atoms with Gasteiger partial charge in [0.25, 0.3) is 0 Å². The van der Waals surface area contributed by atoms with E-state index in [9.17, 15) is 21.6 Å². The minimum Gasteiger partial charge on any atom is -0.382 e. The number of nitrogens with two attached hydrogens (primary N) is 1. The molecule has 3 rings (SSSR count). The van der Waals surface area contributed by atoms with Crippen LogP contribution in [-0.2, 0) is 16.2 Å². The number of piperidine rings is 1. The van der Waals surface area contributed by atoms with E-state index < -0.39 is 26.7 Å². The molecule has 0 spiro atoms. The van der Waals surface area contributed by atoms with Gasteiger partial charge in [0.2, 0.25) is 10.0 Å². The van der Waals surface area contributed by atoms with Crippen molar-refractivity contribution in [2.75, 3.05) is 23.3 Å². The highest BCUT2D eigenvalue weighted by molar-refractivity contribution is 7.89. The Morgan fingerprint density at radius 1 is 1.18 bits per heavy atom. The number of aryl methyl sites for hydroxylation is 1. The fraction of sp³-hybridized carbons (Fsp3) is 0.389. The first-order valence-corrected chi connectivity index (χ1v) is 10.3. The average molecular weight is 414 g/mol. The molecule has 1 fully saturated rings.